The second-order valence-electron chi connectivity index (χ2n) is 10.4. The summed E-state index contributed by atoms with van der Waals surface area (Å²) in [4.78, 5) is 0. The van der Waals surface area contributed by atoms with Crippen LogP contribution in [-0.4, -0.2) is 0 Å². The number of aryl methyl sites for hydroxylation is 2. The third-order valence-electron chi connectivity index (χ3n) is 8.03. The van der Waals surface area contributed by atoms with E-state index in [2.05, 4.69) is 122 Å². The highest BCUT2D eigenvalue weighted by atomic mass is 14.9. The van der Waals surface area contributed by atoms with Gasteiger partial charge in [0.05, 0.1) is 0 Å². The maximum atomic E-state index is 2.45. The highest BCUT2D eigenvalue weighted by molar-refractivity contribution is 5.91. The minimum absolute atomic E-state index is 0.641. The fraction of sp³-hybridized carbons (Fsp3) is 0.229. The van der Waals surface area contributed by atoms with Gasteiger partial charge in [-0.15, -0.1) is 0 Å². The van der Waals surface area contributed by atoms with Crippen molar-refractivity contribution in [2.45, 2.75) is 44.9 Å². The molecule has 0 atom stereocenters. The summed E-state index contributed by atoms with van der Waals surface area (Å²) < 4.78 is 2.35. The first-order valence-corrected chi connectivity index (χ1v) is 13.4. The van der Waals surface area contributed by atoms with Gasteiger partial charge in [0.15, 0.2) is 6.20 Å². The lowest BCUT2D eigenvalue weighted by Crippen LogP contribution is -2.32. The Kier molecular flexibility index (Phi) is 6.15. The molecule has 1 nitrogen and oxygen atoms in total. The van der Waals surface area contributed by atoms with E-state index in [-0.39, 0.29) is 0 Å². The normalized spacial score (nSPS) is 14.3. The van der Waals surface area contributed by atoms with E-state index in [0.717, 1.165) is 0 Å². The number of benzene rings is 4. The molecule has 0 unspecified atom stereocenters. The molecular weight excluding hydrogens is 434 g/mol. The molecule has 1 saturated carbocycles. The zero-order chi connectivity index (χ0) is 24.5. The summed E-state index contributed by atoms with van der Waals surface area (Å²) in [5.41, 5.74) is 10.7. The number of aromatic nitrogens is 1. The number of hydrogen-bond donors (Lipinski definition) is 0. The molecule has 178 valence electrons. The lowest BCUT2D eigenvalue weighted by Gasteiger charge is -2.24. The van der Waals surface area contributed by atoms with Crippen molar-refractivity contribution in [3.8, 4) is 33.5 Å². The fourth-order valence-electron chi connectivity index (χ4n) is 6.01. The van der Waals surface area contributed by atoms with E-state index in [1.54, 1.807) is 0 Å². The van der Waals surface area contributed by atoms with Gasteiger partial charge in [-0.3, -0.25) is 0 Å². The third-order valence-corrected chi connectivity index (χ3v) is 8.03. The van der Waals surface area contributed by atoms with Crippen LogP contribution >= 0.6 is 0 Å². The Balaban J connectivity index is 1.49. The summed E-state index contributed by atoms with van der Waals surface area (Å²) in [5.74, 6) is 0.641. The SMILES string of the molecule is Cc1ccccc1-c1cc(-c2ccc3cc(-c4ccccc4)ccc3c2)c(C2CCCCC2)c[n+]1C. The number of hydrogen-bond acceptors (Lipinski definition) is 0. The second kappa shape index (κ2) is 9.74. The fourth-order valence-corrected chi connectivity index (χ4v) is 6.01. The molecule has 0 aliphatic heterocycles. The van der Waals surface area contributed by atoms with Crippen molar-refractivity contribution in [1.29, 1.82) is 0 Å². The van der Waals surface area contributed by atoms with Crippen molar-refractivity contribution in [1.82, 2.24) is 0 Å². The van der Waals surface area contributed by atoms with Gasteiger partial charge in [-0.1, -0.05) is 92.1 Å². The van der Waals surface area contributed by atoms with Crippen LogP contribution in [0.25, 0.3) is 44.3 Å². The van der Waals surface area contributed by atoms with Crippen molar-refractivity contribution in [2.75, 3.05) is 0 Å². The van der Waals surface area contributed by atoms with Crippen molar-refractivity contribution < 1.29 is 4.57 Å². The minimum atomic E-state index is 0.641. The molecule has 0 amide bonds. The molecule has 0 N–H and O–H groups in total. The van der Waals surface area contributed by atoms with Crippen molar-refractivity contribution >= 4 is 10.8 Å². The summed E-state index contributed by atoms with van der Waals surface area (Å²) in [7, 11) is 2.21. The molecule has 6 rings (SSSR count). The molecule has 0 saturated heterocycles. The van der Waals surface area contributed by atoms with Crippen LogP contribution in [0.5, 0.6) is 0 Å². The van der Waals surface area contributed by atoms with Gasteiger partial charge >= 0.3 is 0 Å². The molecule has 1 heteroatoms. The standard InChI is InChI=1S/C35H34N/c1-25-11-9-10-16-32(25)35-23-33(34(24-36(35)2)27-14-7-4-8-15-27)31-20-19-29-21-28(17-18-30(29)22-31)26-12-5-3-6-13-26/h3,5-6,9-13,16-24,27H,4,7-8,14-15H2,1-2H3/q+1. The molecule has 1 aliphatic carbocycles. The van der Waals surface area contributed by atoms with Crippen LogP contribution in [-0.2, 0) is 7.05 Å². The first kappa shape index (κ1) is 22.7. The van der Waals surface area contributed by atoms with Crippen LogP contribution in [0.2, 0.25) is 0 Å². The Hall–Kier alpha value is -3.71. The van der Waals surface area contributed by atoms with E-state index in [9.17, 15) is 0 Å². The highest BCUT2D eigenvalue weighted by Gasteiger charge is 2.25. The Morgan fingerprint density at radius 1 is 0.611 bits per heavy atom. The van der Waals surface area contributed by atoms with Crippen molar-refractivity contribution in [3.63, 3.8) is 0 Å². The maximum absolute atomic E-state index is 2.45. The lowest BCUT2D eigenvalue weighted by molar-refractivity contribution is -0.660. The summed E-state index contributed by atoms with van der Waals surface area (Å²) in [6.07, 6.45) is 9.07. The zero-order valence-electron chi connectivity index (χ0n) is 21.4. The molecule has 0 radical (unpaired) electrons. The number of pyridine rings is 1. The second-order valence-corrected chi connectivity index (χ2v) is 10.4. The average molecular weight is 469 g/mol. The molecule has 1 heterocycles. The topological polar surface area (TPSA) is 3.88 Å². The number of rotatable bonds is 4. The van der Waals surface area contributed by atoms with E-state index in [1.807, 2.05) is 0 Å². The molecule has 36 heavy (non-hydrogen) atoms. The van der Waals surface area contributed by atoms with Crippen molar-refractivity contribution in [2.24, 2.45) is 7.05 Å². The monoisotopic (exact) mass is 468 g/mol. The van der Waals surface area contributed by atoms with E-state index < -0.39 is 0 Å². The quantitative estimate of drug-likeness (QED) is 0.232. The Labute approximate surface area is 215 Å². The van der Waals surface area contributed by atoms with Gasteiger partial charge in [-0.2, -0.15) is 0 Å². The third kappa shape index (κ3) is 4.35. The maximum Gasteiger partial charge on any atom is 0.213 e. The van der Waals surface area contributed by atoms with Gasteiger partial charge in [-0.05, 0) is 82.5 Å². The van der Waals surface area contributed by atoms with E-state index in [0.29, 0.717) is 5.92 Å². The zero-order valence-corrected chi connectivity index (χ0v) is 21.4. The molecule has 1 aliphatic rings. The van der Waals surface area contributed by atoms with Crippen molar-refractivity contribution in [3.05, 3.63) is 114 Å². The summed E-state index contributed by atoms with van der Waals surface area (Å²) in [6, 6.07) is 35.7. The number of fused-ring (bicyclic) bond motifs is 1. The number of nitrogens with zero attached hydrogens (tertiary/aromatic N) is 1. The van der Waals surface area contributed by atoms with Gasteiger partial charge < -0.3 is 0 Å². The molecular formula is C35H34N+. The van der Waals surface area contributed by atoms with Gasteiger partial charge in [0.2, 0.25) is 5.69 Å². The van der Waals surface area contributed by atoms with E-state index >= 15 is 0 Å². The molecule has 0 spiro atoms. The Bertz CT molecular complexity index is 1520. The van der Waals surface area contributed by atoms with Gasteiger partial charge in [0.25, 0.3) is 0 Å². The minimum Gasteiger partial charge on any atom is -0.201 e. The molecule has 1 fully saturated rings. The van der Waals surface area contributed by atoms with Crippen LogP contribution in [0.4, 0.5) is 0 Å². The van der Waals surface area contributed by atoms with Gasteiger partial charge in [0.1, 0.15) is 7.05 Å². The van der Waals surface area contributed by atoms with Crippen LogP contribution < -0.4 is 4.57 Å². The van der Waals surface area contributed by atoms with Crippen LogP contribution in [0.3, 0.4) is 0 Å². The van der Waals surface area contributed by atoms with Crippen LogP contribution in [0.15, 0.2) is 103 Å². The Morgan fingerprint density at radius 3 is 2.03 bits per heavy atom. The highest BCUT2D eigenvalue weighted by Crippen LogP contribution is 2.40. The average Bonchev–Trinajstić information content (AvgIpc) is 2.94. The predicted octanol–water partition coefficient (Wildman–Crippen LogP) is 9.02. The first-order chi connectivity index (χ1) is 17.7. The largest absolute Gasteiger partial charge is 0.213 e. The first-order valence-electron chi connectivity index (χ1n) is 13.4. The van der Waals surface area contributed by atoms with Gasteiger partial charge in [0, 0.05) is 17.2 Å². The van der Waals surface area contributed by atoms with E-state index in [1.165, 1.54) is 87.5 Å². The van der Waals surface area contributed by atoms with Crippen LogP contribution in [0, 0.1) is 6.92 Å². The molecule has 1 aromatic heterocycles. The summed E-state index contributed by atoms with van der Waals surface area (Å²) >= 11 is 0. The molecule has 0 bridgehead atoms. The molecule has 5 aromatic rings. The lowest BCUT2D eigenvalue weighted by atomic mass is 9.81. The van der Waals surface area contributed by atoms with Gasteiger partial charge in [-0.25, -0.2) is 4.57 Å². The summed E-state index contributed by atoms with van der Waals surface area (Å²) in [6.45, 7) is 2.21. The van der Waals surface area contributed by atoms with E-state index in [4.69, 9.17) is 0 Å². The Morgan fingerprint density at radius 2 is 1.28 bits per heavy atom. The summed E-state index contributed by atoms with van der Waals surface area (Å²) in [5, 5.41) is 2.59. The smallest absolute Gasteiger partial charge is 0.201 e. The van der Waals surface area contributed by atoms with Crippen LogP contribution in [0.1, 0.15) is 49.1 Å². The predicted molar refractivity (Wildman–Crippen MR) is 152 cm³/mol. The molecule has 4 aromatic carbocycles.